The van der Waals surface area contributed by atoms with E-state index >= 15 is 0 Å². The van der Waals surface area contributed by atoms with Crippen LogP contribution in [0.1, 0.15) is 63.5 Å². The van der Waals surface area contributed by atoms with E-state index in [1.807, 2.05) is 0 Å². The molecular weight excluding hydrogens is 284 g/mol. The van der Waals surface area contributed by atoms with Crippen molar-refractivity contribution in [2.24, 2.45) is 5.41 Å². The van der Waals surface area contributed by atoms with Crippen LogP contribution in [-0.2, 0) is 22.4 Å². The Bertz CT molecular complexity index is 610. The van der Waals surface area contributed by atoms with Gasteiger partial charge in [0.05, 0.1) is 0 Å². The van der Waals surface area contributed by atoms with Crippen LogP contribution >= 0.6 is 0 Å². The number of carbonyl (C=O) groups excluding carboxylic acids is 1. The van der Waals surface area contributed by atoms with Crippen molar-refractivity contribution >= 4 is 5.97 Å². The van der Waals surface area contributed by atoms with Gasteiger partial charge in [-0.1, -0.05) is 50.1 Å². The summed E-state index contributed by atoms with van der Waals surface area (Å²) in [7, 11) is 0. The largest absolute Gasteiger partial charge is 0.455 e. The Labute approximate surface area is 139 Å². The molecule has 2 heteroatoms. The van der Waals surface area contributed by atoms with Crippen molar-refractivity contribution in [2.45, 2.75) is 70.8 Å². The number of fused-ring (bicyclic) bond motifs is 1. The van der Waals surface area contributed by atoms with Gasteiger partial charge in [0.15, 0.2) is 0 Å². The lowest BCUT2D eigenvalue weighted by Crippen LogP contribution is -2.51. The fraction of sp³-hybridized carbons (Fsp3) is 0.571. The number of rotatable bonds is 2. The fourth-order valence-electron chi connectivity index (χ4n) is 4.61. The first-order chi connectivity index (χ1) is 11.0. The minimum atomic E-state index is -0.434. The molecule has 0 heterocycles. The van der Waals surface area contributed by atoms with Crippen LogP contribution in [0.25, 0.3) is 0 Å². The maximum absolute atomic E-state index is 12.3. The van der Waals surface area contributed by atoms with Crippen LogP contribution in [0.5, 0.6) is 0 Å². The zero-order valence-electron chi connectivity index (χ0n) is 14.5. The predicted octanol–water partition coefficient (Wildman–Crippen LogP) is 5.00. The molecule has 124 valence electrons. The third kappa shape index (κ3) is 2.96. The van der Waals surface area contributed by atoms with Crippen molar-refractivity contribution in [3.05, 3.63) is 47.5 Å². The van der Waals surface area contributed by atoms with Crippen LogP contribution < -0.4 is 0 Å². The maximum Gasteiger partial charge on any atom is 0.333 e. The van der Waals surface area contributed by atoms with E-state index in [2.05, 4.69) is 37.8 Å². The highest BCUT2D eigenvalue weighted by atomic mass is 16.6. The molecule has 0 saturated heterocycles. The quantitative estimate of drug-likeness (QED) is 0.567. The average Bonchev–Trinajstić information content (AvgIpc) is 2.64. The second-order valence-electron chi connectivity index (χ2n) is 7.69. The van der Waals surface area contributed by atoms with Gasteiger partial charge in [-0.15, -0.1) is 0 Å². The van der Waals surface area contributed by atoms with Crippen LogP contribution in [0, 0.1) is 5.41 Å². The lowest BCUT2D eigenvalue weighted by atomic mass is 9.61. The summed E-state index contributed by atoms with van der Waals surface area (Å²) in [5, 5.41) is 0. The van der Waals surface area contributed by atoms with Crippen molar-refractivity contribution in [1.82, 2.24) is 0 Å². The Hall–Kier alpha value is -1.57. The van der Waals surface area contributed by atoms with Crippen LogP contribution in [0.3, 0.4) is 0 Å². The molecule has 1 aromatic carbocycles. The molecule has 0 N–H and O–H groups in total. The Kier molecular flexibility index (Phi) is 4.35. The van der Waals surface area contributed by atoms with Gasteiger partial charge in [0, 0.05) is 17.4 Å². The van der Waals surface area contributed by atoms with Gasteiger partial charge in [0.2, 0.25) is 0 Å². The summed E-state index contributed by atoms with van der Waals surface area (Å²) in [4.78, 5) is 12.3. The van der Waals surface area contributed by atoms with Crippen LogP contribution in [0.2, 0.25) is 0 Å². The number of carbonyl (C=O) groups is 1. The molecule has 0 bridgehead atoms. The van der Waals surface area contributed by atoms with Gasteiger partial charge in [0.25, 0.3) is 0 Å². The molecule has 1 spiro atoms. The standard InChI is InChI=1S/C21H28O2/c1-16(2)19(22)23-20(3)15-18-10-6-5-9-17(18)11-14-21(20)12-7-4-8-13-21/h5-6,9-10H,1,4,7-8,11-15H2,2-3H3. The third-order valence-corrected chi connectivity index (χ3v) is 6.12. The van der Waals surface area contributed by atoms with E-state index in [1.165, 1.54) is 43.2 Å². The van der Waals surface area contributed by atoms with Gasteiger partial charge >= 0.3 is 5.97 Å². The normalized spacial score (nSPS) is 26.2. The number of hydrogen-bond donors (Lipinski definition) is 0. The van der Waals surface area contributed by atoms with Crippen LogP contribution in [0.4, 0.5) is 0 Å². The molecule has 1 unspecified atom stereocenters. The Morgan fingerprint density at radius 2 is 1.74 bits per heavy atom. The first kappa shape index (κ1) is 16.3. The molecule has 0 aromatic heterocycles. The minimum absolute atomic E-state index is 0.107. The third-order valence-electron chi connectivity index (χ3n) is 6.12. The van der Waals surface area contributed by atoms with Crippen molar-refractivity contribution in [3.63, 3.8) is 0 Å². The van der Waals surface area contributed by atoms with Gasteiger partial charge in [-0.3, -0.25) is 0 Å². The molecule has 2 nitrogen and oxygen atoms in total. The minimum Gasteiger partial charge on any atom is -0.455 e. The van der Waals surface area contributed by atoms with Crippen molar-refractivity contribution in [1.29, 1.82) is 0 Å². The molecule has 1 fully saturated rings. The van der Waals surface area contributed by atoms with Crippen molar-refractivity contribution in [3.8, 4) is 0 Å². The smallest absolute Gasteiger partial charge is 0.333 e. The molecule has 1 saturated carbocycles. The number of esters is 1. The van der Waals surface area contributed by atoms with Crippen molar-refractivity contribution in [2.75, 3.05) is 0 Å². The molecule has 0 aliphatic heterocycles. The summed E-state index contributed by atoms with van der Waals surface area (Å²) in [6, 6.07) is 8.65. The van der Waals surface area contributed by atoms with Gasteiger partial charge in [-0.2, -0.15) is 0 Å². The zero-order valence-corrected chi connectivity index (χ0v) is 14.5. The predicted molar refractivity (Wildman–Crippen MR) is 93.3 cm³/mol. The Morgan fingerprint density at radius 3 is 2.39 bits per heavy atom. The van der Waals surface area contributed by atoms with E-state index in [1.54, 1.807) is 6.92 Å². The number of benzene rings is 1. The van der Waals surface area contributed by atoms with E-state index in [4.69, 9.17) is 4.74 Å². The molecule has 2 aliphatic carbocycles. The summed E-state index contributed by atoms with van der Waals surface area (Å²) in [6.45, 7) is 7.69. The fourth-order valence-corrected chi connectivity index (χ4v) is 4.61. The van der Waals surface area contributed by atoms with Gasteiger partial charge in [0.1, 0.15) is 5.60 Å². The first-order valence-corrected chi connectivity index (χ1v) is 8.91. The molecule has 0 radical (unpaired) electrons. The maximum atomic E-state index is 12.3. The number of ether oxygens (including phenoxy) is 1. The molecule has 1 atom stereocenters. The lowest BCUT2D eigenvalue weighted by molar-refractivity contribution is -0.174. The second kappa shape index (κ2) is 6.14. The second-order valence-corrected chi connectivity index (χ2v) is 7.69. The van der Waals surface area contributed by atoms with Gasteiger partial charge < -0.3 is 4.74 Å². The Balaban J connectivity index is 2.01. The summed E-state index contributed by atoms with van der Waals surface area (Å²) in [6.07, 6.45) is 9.16. The Morgan fingerprint density at radius 1 is 1.09 bits per heavy atom. The summed E-state index contributed by atoms with van der Waals surface area (Å²) < 4.78 is 6.13. The average molecular weight is 312 g/mol. The molecule has 3 rings (SSSR count). The molecule has 1 aromatic rings. The molecule has 2 aliphatic rings. The summed E-state index contributed by atoms with van der Waals surface area (Å²) in [5.41, 5.74) is 2.93. The van der Waals surface area contributed by atoms with Crippen LogP contribution in [-0.4, -0.2) is 11.6 Å². The summed E-state index contributed by atoms with van der Waals surface area (Å²) in [5.74, 6) is -0.239. The zero-order chi connectivity index (χ0) is 16.5. The van der Waals surface area contributed by atoms with Gasteiger partial charge in [-0.25, -0.2) is 4.79 Å². The van der Waals surface area contributed by atoms with Gasteiger partial charge in [-0.05, 0) is 50.7 Å². The lowest BCUT2D eigenvalue weighted by Gasteiger charge is -2.49. The topological polar surface area (TPSA) is 26.3 Å². The number of hydrogen-bond acceptors (Lipinski definition) is 2. The number of aryl methyl sites for hydroxylation is 1. The van der Waals surface area contributed by atoms with E-state index in [0.29, 0.717) is 5.57 Å². The highest BCUT2D eigenvalue weighted by Gasteiger charge is 2.52. The molecule has 0 amide bonds. The first-order valence-electron chi connectivity index (χ1n) is 8.91. The highest BCUT2D eigenvalue weighted by molar-refractivity contribution is 5.87. The van der Waals surface area contributed by atoms with E-state index in [9.17, 15) is 4.79 Å². The monoisotopic (exact) mass is 312 g/mol. The highest BCUT2D eigenvalue weighted by Crippen LogP contribution is 2.53. The molecule has 23 heavy (non-hydrogen) atoms. The van der Waals surface area contributed by atoms with E-state index in [-0.39, 0.29) is 11.4 Å². The van der Waals surface area contributed by atoms with E-state index < -0.39 is 5.60 Å². The van der Waals surface area contributed by atoms with E-state index in [0.717, 1.165) is 19.3 Å². The SMILES string of the molecule is C=C(C)C(=O)OC1(C)Cc2ccccc2CCC12CCCCC2. The summed E-state index contributed by atoms with van der Waals surface area (Å²) >= 11 is 0. The van der Waals surface area contributed by atoms with Crippen LogP contribution in [0.15, 0.2) is 36.4 Å². The molecular formula is C21H28O2. The van der Waals surface area contributed by atoms with Crippen molar-refractivity contribution < 1.29 is 9.53 Å².